The monoisotopic (exact) mass is 347 g/mol. The number of para-hydroxylation sites is 1. The fraction of sp³-hybridized carbons (Fsp3) is 0.143. The zero-order chi connectivity index (χ0) is 18.4. The van der Waals surface area contributed by atoms with E-state index < -0.39 is 0 Å². The molecule has 3 aromatic rings. The third-order valence-corrected chi connectivity index (χ3v) is 3.96. The number of hydrogen-bond acceptors (Lipinski definition) is 4. The highest BCUT2D eigenvalue weighted by Crippen LogP contribution is 2.26. The summed E-state index contributed by atoms with van der Waals surface area (Å²) in [5.41, 5.74) is 10.00. The molecule has 26 heavy (non-hydrogen) atoms. The number of carbonyl (C=O) groups excluding carboxylic acids is 1. The molecule has 3 N–H and O–H groups in total. The van der Waals surface area contributed by atoms with E-state index in [9.17, 15) is 4.79 Å². The Morgan fingerprint density at radius 1 is 1.12 bits per heavy atom. The minimum atomic E-state index is -0.351. The summed E-state index contributed by atoms with van der Waals surface area (Å²) in [4.78, 5) is 12.2. The van der Waals surface area contributed by atoms with Crippen molar-refractivity contribution in [1.82, 2.24) is 5.43 Å². The molecule has 0 aliphatic carbocycles. The maximum atomic E-state index is 12.2. The first-order valence-electron chi connectivity index (χ1n) is 8.53. The van der Waals surface area contributed by atoms with Crippen molar-refractivity contribution in [3.8, 4) is 5.75 Å². The van der Waals surface area contributed by atoms with Gasteiger partial charge in [0.2, 0.25) is 0 Å². The second-order valence-corrected chi connectivity index (χ2v) is 5.83. The molecule has 0 aromatic heterocycles. The van der Waals surface area contributed by atoms with E-state index in [-0.39, 0.29) is 5.91 Å². The van der Waals surface area contributed by atoms with Crippen molar-refractivity contribution in [1.29, 1.82) is 0 Å². The van der Waals surface area contributed by atoms with Crippen molar-refractivity contribution in [3.05, 3.63) is 71.8 Å². The lowest BCUT2D eigenvalue weighted by Gasteiger charge is -2.11. The molecule has 0 bridgehead atoms. The average Bonchev–Trinajstić information content (AvgIpc) is 2.67. The largest absolute Gasteiger partial charge is 0.493 e. The Bertz CT molecular complexity index is 951. The Balaban J connectivity index is 1.88. The number of fused-ring (bicyclic) bond motifs is 1. The van der Waals surface area contributed by atoms with Gasteiger partial charge in [-0.05, 0) is 35.4 Å². The van der Waals surface area contributed by atoms with E-state index in [4.69, 9.17) is 10.5 Å². The van der Waals surface area contributed by atoms with Crippen LogP contribution in [0.15, 0.2) is 65.8 Å². The summed E-state index contributed by atoms with van der Waals surface area (Å²) in [7, 11) is 0. The summed E-state index contributed by atoms with van der Waals surface area (Å²) in [5, 5.41) is 6.21. The Morgan fingerprint density at radius 3 is 2.69 bits per heavy atom. The molecule has 3 aromatic carbocycles. The number of nitrogen functional groups attached to an aromatic ring is 1. The van der Waals surface area contributed by atoms with Gasteiger partial charge >= 0.3 is 0 Å². The predicted molar refractivity (Wildman–Crippen MR) is 106 cm³/mol. The first kappa shape index (κ1) is 17.5. The van der Waals surface area contributed by atoms with Crippen molar-refractivity contribution in [3.63, 3.8) is 0 Å². The number of nitrogens with one attached hydrogen (secondary N) is 1. The molecule has 0 heterocycles. The Morgan fingerprint density at radius 2 is 1.88 bits per heavy atom. The van der Waals surface area contributed by atoms with Crippen molar-refractivity contribution >= 4 is 28.6 Å². The van der Waals surface area contributed by atoms with Gasteiger partial charge in [-0.1, -0.05) is 49.4 Å². The van der Waals surface area contributed by atoms with Gasteiger partial charge in [0.25, 0.3) is 5.91 Å². The first-order valence-corrected chi connectivity index (χ1v) is 8.53. The summed E-state index contributed by atoms with van der Waals surface area (Å²) < 4.78 is 5.83. The van der Waals surface area contributed by atoms with Crippen molar-refractivity contribution < 1.29 is 9.53 Å². The summed E-state index contributed by atoms with van der Waals surface area (Å²) in [6, 6.07) is 18.8. The zero-order valence-corrected chi connectivity index (χ0v) is 14.6. The van der Waals surface area contributed by atoms with Gasteiger partial charge in [0.05, 0.1) is 18.4 Å². The number of nitrogens with two attached hydrogens (primary N) is 1. The van der Waals surface area contributed by atoms with E-state index in [1.54, 1.807) is 30.5 Å². The smallest absolute Gasteiger partial charge is 0.273 e. The minimum absolute atomic E-state index is 0.351. The van der Waals surface area contributed by atoms with Gasteiger partial charge in [-0.15, -0.1) is 0 Å². The Labute approximate surface area is 152 Å². The van der Waals surface area contributed by atoms with Crippen LogP contribution in [-0.2, 0) is 0 Å². The van der Waals surface area contributed by atoms with Crippen LogP contribution in [0.1, 0.15) is 29.3 Å². The van der Waals surface area contributed by atoms with Gasteiger partial charge < -0.3 is 10.5 Å². The maximum Gasteiger partial charge on any atom is 0.273 e. The lowest BCUT2D eigenvalue weighted by atomic mass is 10.0. The normalized spacial score (nSPS) is 11.0. The van der Waals surface area contributed by atoms with E-state index in [1.165, 1.54) is 0 Å². The highest BCUT2D eigenvalue weighted by atomic mass is 16.5. The maximum absolute atomic E-state index is 12.2. The molecular weight excluding hydrogens is 326 g/mol. The van der Waals surface area contributed by atoms with E-state index in [1.807, 2.05) is 36.4 Å². The lowest BCUT2D eigenvalue weighted by molar-refractivity contribution is 0.0956. The molecule has 3 rings (SSSR count). The molecule has 5 nitrogen and oxygen atoms in total. The standard InChI is InChI=1S/C21H21N3O2/c1-2-13-26-20-12-11-15-7-3-4-8-16(15)18(20)14-23-24-21(25)17-9-5-6-10-19(17)22/h3-12,14H,2,13,22H2,1H3,(H,24,25)/b23-14+. The van der Waals surface area contributed by atoms with Crippen molar-refractivity contribution in [2.75, 3.05) is 12.3 Å². The summed E-state index contributed by atoms with van der Waals surface area (Å²) in [6.45, 7) is 2.67. The zero-order valence-electron chi connectivity index (χ0n) is 14.6. The van der Waals surface area contributed by atoms with Crippen molar-refractivity contribution in [2.24, 2.45) is 5.10 Å². The van der Waals surface area contributed by atoms with Crippen LogP contribution < -0.4 is 15.9 Å². The van der Waals surface area contributed by atoms with Gasteiger partial charge in [0.15, 0.2) is 0 Å². The predicted octanol–water partition coefficient (Wildman–Crippen LogP) is 3.97. The highest BCUT2D eigenvalue weighted by molar-refractivity contribution is 6.03. The molecule has 132 valence electrons. The van der Waals surface area contributed by atoms with Gasteiger partial charge in [-0.3, -0.25) is 4.79 Å². The number of anilines is 1. The first-order chi connectivity index (χ1) is 12.7. The van der Waals surface area contributed by atoms with Crippen LogP contribution in [0.3, 0.4) is 0 Å². The number of hydrazone groups is 1. The highest BCUT2D eigenvalue weighted by Gasteiger charge is 2.09. The van der Waals surface area contributed by atoms with Crippen LogP contribution >= 0.6 is 0 Å². The topological polar surface area (TPSA) is 76.7 Å². The number of carbonyl (C=O) groups is 1. The van der Waals surface area contributed by atoms with Crippen LogP contribution in [0.2, 0.25) is 0 Å². The second kappa shape index (κ2) is 8.16. The number of ether oxygens (including phenoxy) is 1. The van der Waals surface area contributed by atoms with Gasteiger partial charge in [-0.2, -0.15) is 5.10 Å². The summed E-state index contributed by atoms with van der Waals surface area (Å²) >= 11 is 0. The number of amides is 1. The fourth-order valence-corrected chi connectivity index (χ4v) is 2.67. The summed E-state index contributed by atoms with van der Waals surface area (Å²) in [5.74, 6) is 0.387. The molecule has 0 atom stereocenters. The van der Waals surface area contributed by atoms with Crippen molar-refractivity contribution in [2.45, 2.75) is 13.3 Å². The molecule has 0 spiro atoms. The molecule has 5 heteroatoms. The molecule has 0 aliphatic rings. The quantitative estimate of drug-likeness (QED) is 0.402. The SMILES string of the molecule is CCCOc1ccc2ccccc2c1/C=N/NC(=O)c1ccccc1N. The van der Waals surface area contributed by atoms with Crippen LogP contribution in [0.4, 0.5) is 5.69 Å². The lowest BCUT2D eigenvalue weighted by Crippen LogP contribution is -2.19. The van der Waals surface area contributed by atoms with Crippen LogP contribution in [0.5, 0.6) is 5.75 Å². The second-order valence-electron chi connectivity index (χ2n) is 5.83. The van der Waals surface area contributed by atoms with Gasteiger partial charge in [0.1, 0.15) is 5.75 Å². The van der Waals surface area contributed by atoms with Gasteiger partial charge in [0, 0.05) is 11.3 Å². The average molecular weight is 347 g/mol. The number of hydrogen-bond donors (Lipinski definition) is 2. The Hall–Kier alpha value is -3.34. The minimum Gasteiger partial charge on any atom is -0.493 e. The van der Waals surface area contributed by atoms with Gasteiger partial charge in [-0.25, -0.2) is 5.43 Å². The third-order valence-electron chi connectivity index (χ3n) is 3.96. The number of benzene rings is 3. The fourth-order valence-electron chi connectivity index (χ4n) is 2.67. The molecule has 1 amide bonds. The summed E-state index contributed by atoms with van der Waals surface area (Å²) in [6.07, 6.45) is 2.53. The number of nitrogens with zero attached hydrogens (tertiary/aromatic N) is 1. The van der Waals surface area contributed by atoms with E-state index in [0.29, 0.717) is 17.9 Å². The van der Waals surface area contributed by atoms with E-state index in [2.05, 4.69) is 17.5 Å². The Kier molecular flexibility index (Phi) is 5.49. The van der Waals surface area contributed by atoms with Crippen LogP contribution in [0.25, 0.3) is 10.8 Å². The molecule has 0 unspecified atom stereocenters. The van der Waals surface area contributed by atoms with Crippen LogP contribution in [0, 0.1) is 0 Å². The molecule has 0 aliphatic heterocycles. The molecule has 0 radical (unpaired) electrons. The third kappa shape index (κ3) is 3.83. The van der Waals surface area contributed by atoms with E-state index in [0.717, 1.165) is 28.5 Å². The number of rotatable bonds is 6. The molecule has 0 fully saturated rings. The molecule has 0 saturated heterocycles. The van der Waals surface area contributed by atoms with Crippen LogP contribution in [-0.4, -0.2) is 18.7 Å². The van der Waals surface area contributed by atoms with E-state index >= 15 is 0 Å². The molecule has 0 saturated carbocycles. The molecular formula is C21H21N3O2.